The monoisotopic (exact) mass is 425 g/mol. The second kappa shape index (κ2) is 8.52. The minimum atomic E-state index is -0.266. The Morgan fingerprint density at radius 2 is 1.69 bits per heavy atom. The largest absolute Gasteiger partial charge is 0.322 e. The number of amides is 1. The van der Waals surface area contributed by atoms with Crippen LogP contribution in [0, 0.1) is 12.7 Å². The van der Waals surface area contributed by atoms with Crippen molar-refractivity contribution in [1.29, 1.82) is 0 Å². The zero-order chi connectivity index (χ0) is 22.1. The normalized spacial score (nSPS) is 13.7. The molecule has 1 aliphatic heterocycles. The van der Waals surface area contributed by atoms with Crippen molar-refractivity contribution < 1.29 is 9.18 Å². The van der Waals surface area contributed by atoms with Gasteiger partial charge in [0.2, 0.25) is 0 Å². The molecule has 3 aromatic carbocycles. The molecule has 1 amide bonds. The molecule has 0 unspecified atom stereocenters. The predicted molar refractivity (Wildman–Crippen MR) is 126 cm³/mol. The van der Waals surface area contributed by atoms with Crippen LogP contribution in [-0.2, 0) is 6.54 Å². The topological polar surface area (TPSA) is 45.2 Å². The molecule has 0 bridgehead atoms. The van der Waals surface area contributed by atoms with Crippen LogP contribution in [0.5, 0.6) is 0 Å². The van der Waals surface area contributed by atoms with E-state index in [1.54, 1.807) is 24.3 Å². The van der Waals surface area contributed by atoms with Gasteiger partial charge in [0.1, 0.15) is 5.82 Å². The highest BCUT2D eigenvalue weighted by Gasteiger charge is 2.15. The molecule has 4 nitrogen and oxygen atoms in total. The van der Waals surface area contributed by atoms with Gasteiger partial charge in [-0.2, -0.15) is 0 Å². The van der Waals surface area contributed by atoms with E-state index in [-0.39, 0.29) is 11.7 Å². The minimum Gasteiger partial charge on any atom is -0.322 e. The maximum Gasteiger partial charge on any atom is 0.255 e. The van der Waals surface area contributed by atoms with Crippen molar-refractivity contribution in [3.05, 3.63) is 95.4 Å². The molecule has 0 saturated carbocycles. The molecule has 1 aromatic heterocycles. The standard InChI is InChI=1S/C27H24FN3O/c1-18-25(12-9-23-15-19(16-29-26(18)23)17-31-13-2-14-31)30-27(32)22-5-3-20(4-6-22)21-7-10-24(28)11-8-21/h3-12,15-16H,2,13-14,17H2,1H3,(H,30,32). The zero-order valence-corrected chi connectivity index (χ0v) is 17.9. The van der Waals surface area contributed by atoms with Crippen LogP contribution in [0.25, 0.3) is 22.0 Å². The van der Waals surface area contributed by atoms with E-state index in [0.29, 0.717) is 5.56 Å². The van der Waals surface area contributed by atoms with Crippen molar-refractivity contribution >= 4 is 22.5 Å². The Balaban J connectivity index is 1.33. The molecule has 1 N–H and O–H groups in total. The molecule has 0 aliphatic carbocycles. The summed E-state index contributed by atoms with van der Waals surface area (Å²) in [7, 11) is 0. The summed E-state index contributed by atoms with van der Waals surface area (Å²) in [6, 6.07) is 19.8. The highest BCUT2D eigenvalue weighted by Crippen LogP contribution is 2.26. The van der Waals surface area contributed by atoms with Gasteiger partial charge in [-0.3, -0.25) is 14.7 Å². The maximum absolute atomic E-state index is 13.1. The molecule has 2 heterocycles. The summed E-state index contributed by atoms with van der Waals surface area (Å²) in [5.41, 5.74) is 6.23. The van der Waals surface area contributed by atoms with Gasteiger partial charge in [0.05, 0.1) is 5.52 Å². The van der Waals surface area contributed by atoms with Crippen molar-refractivity contribution in [3.8, 4) is 11.1 Å². The maximum atomic E-state index is 13.1. The average molecular weight is 426 g/mol. The summed E-state index contributed by atoms with van der Waals surface area (Å²) in [5.74, 6) is -0.440. The second-order valence-corrected chi connectivity index (χ2v) is 8.32. The fourth-order valence-corrected chi connectivity index (χ4v) is 4.06. The van der Waals surface area contributed by atoms with Crippen LogP contribution in [0.2, 0.25) is 0 Å². The van der Waals surface area contributed by atoms with Crippen molar-refractivity contribution in [1.82, 2.24) is 9.88 Å². The van der Waals surface area contributed by atoms with Crippen LogP contribution in [0.15, 0.2) is 72.9 Å². The quantitative estimate of drug-likeness (QED) is 0.439. The number of carbonyl (C=O) groups is 1. The van der Waals surface area contributed by atoms with Crippen LogP contribution in [0.4, 0.5) is 10.1 Å². The van der Waals surface area contributed by atoms with Crippen LogP contribution in [-0.4, -0.2) is 28.9 Å². The summed E-state index contributed by atoms with van der Waals surface area (Å²) in [6.07, 6.45) is 3.21. The average Bonchev–Trinajstić information content (AvgIpc) is 2.79. The van der Waals surface area contributed by atoms with Crippen LogP contribution < -0.4 is 5.32 Å². The number of nitrogens with zero attached hydrogens (tertiary/aromatic N) is 2. The number of rotatable bonds is 5. The third-order valence-electron chi connectivity index (χ3n) is 6.09. The lowest BCUT2D eigenvalue weighted by molar-refractivity contribution is 0.102. The molecule has 160 valence electrons. The molecule has 4 aromatic rings. The van der Waals surface area contributed by atoms with Gasteiger partial charge < -0.3 is 5.32 Å². The van der Waals surface area contributed by atoms with E-state index in [1.165, 1.54) is 24.1 Å². The minimum absolute atomic E-state index is 0.174. The van der Waals surface area contributed by atoms with Crippen LogP contribution >= 0.6 is 0 Å². The van der Waals surface area contributed by atoms with E-state index in [2.05, 4.69) is 21.3 Å². The number of likely N-dealkylation sites (tertiary alicyclic amines) is 1. The SMILES string of the molecule is Cc1c(NC(=O)c2ccc(-c3ccc(F)cc3)cc2)ccc2cc(CN3CCC3)cnc12. The highest BCUT2D eigenvalue weighted by atomic mass is 19.1. The van der Waals surface area contributed by atoms with Crippen molar-refractivity contribution in [2.45, 2.75) is 19.9 Å². The number of nitrogens with one attached hydrogen (secondary N) is 1. The van der Waals surface area contributed by atoms with Gasteiger partial charge in [0, 0.05) is 29.4 Å². The third kappa shape index (κ3) is 4.12. The predicted octanol–water partition coefficient (Wildman–Crippen LogP) is 5.81. The first-order chi connectivity index (χ1) is 15.6. The molecule has 1 aliphatic rings. The number of carbonyl (C=O) groups excluding carboxylic acids is 1. The van der Waals surface area contributed by atoms with Crippen molar-refractivity contribution in [2.75, 3.05) is 18.4 Å². The van der Waals surface area contributed by atoms with E-state index < -0.39 is 0 Å². The smallest absolute Gasteiger partial charge is 0.255 e. The Hall–Kier alpha value is -3.57. The van der Waals surface area contributed by atoms with E-state index >= 15 is 0 Å². The number of hydrogen-bond donors (Lipinski definition) is 1. The van der Waals surface area contributed by atoms with E-state index in [4.69, 9.17) is 0 Å². The number of benzene rings is 3. The first kappa shape index (κ1) is 20.3. The Labute approximate surface area is 186 Å². The van der Waals surface area contributed by atoms with Crippen LogP contribution in [0.1, 0.15) is 27.9 Å². The summed E-state index contributed by atoms with van der Waals surface area (Å²) in [5, 5.41) is 4.10. The number of fused-ring (bicyclic) bond motifs is 1. The van der Waals surface area contributed by atoms with Gasteiger partial charge in [0.15, 0.2) is 0 Å². The van der Waals surface area contributed by atoms with Crippen molar-refractivity contribution in [2.24, 2.45) is 0 Å². The first-order valence-electron chi connectivity index (χ1n) is 10.8. The van der Waals surface area contributed by atoms with Gasteiger partial charge in [-0.05, 0) is 85.1 Å². The number of halogens is 1. The fourth-order valence-electron chi connectivity index (χ4n) is 4.06. The lowest BCUT2D eigenvalue weighted by atomic mass is 10.0. The van der Waals surface area contributed by atoms with E-state index in [9.17, 15) is 9.18 Å². The Morgan fingerprint density at radius 3 is 2.34 bits per heavy atom. The fraction of sp³-hybridized carbons (Fsp3) is 0.185. The Morgan fingerprint density at radius 1 is 1.00 bits per heavy atom. The van der Waals surface area contributed by atoms with Gasteiger partial charge in [-0.1, -0.05) is 30.3 Å². The molecule has 1 fully saturated rings. The molecular weight excluding hydrogens is 401 g/mol. The first-order valence-corrected chi connectivity index (χ1v) is 10.8. The molecule has 1 saturated heterocycles. The van der Waals surface area contributed by atoms with Crippen LogP contribution in [0.3, 0.4) is 0 Å². The third-order valence-corrected chi connectivity index (χ3v) is 6.09. The molecular formula is C27H24FN3O. The Bertz CT molecular complexity index is 1280. The van der Waals surface area contributed by atoms with Crippen molar-refractivity contribution in [3.63, 3.8) is 0 Å². The zero-order valence-electron chi connectivity index (χ0n) is 17.9. The number of anilines is 1. The van der Waals surface area contributed by atoms with Gasteiger partial charge >= 0.3 is 0 Å². The highest BCUT2D eigenvalue weighted by molar-refractivity contribution is 6.06. The molecule has 0 radical (unpaired) electrons. The summed E-state index contributed by atoms with van der Waals surface area (Å²) < 4.78 is 13.1. The van der Waals surface area contributed by atoms with Gasteiger partial charge in [-0.15, -0.1) is 0 Å². The summed E-state index contributed by atoms with van der Waals surface area (Å²) in [4.78, 5) is 19.9. The number of aromatic nitrogens is 1. The molecule has 5 rings (SSSR count). The molecule has 5 heteroatoms. The number of pyridine rings is 1. The Kier molecular flexibility index (Phi) is 5.41. The number of aryl methyl sites for hydroxylation is 1. The molecule has 32 heavy (non-hydrogen) atoms. The summed E-state index contributed by atoms with van der Waals surface area (Å²) >= 11 is 0. The second-order valence-electron chi connectivity index (χ2n) is 8.32. The lowest BCUT2D eigenvalue weighted by Crippen LogP contribution is -2.36. The molecule has 0 atom stereocenters. The number of hydrogen-bond acceptors (Lipinski definition) is 3. The van der Waals surface area contributed by atoms with Gasteiger partial charge in [0.25, 0.3) is 5.91 Å². The van der Waals surface area contributed by atoms with E-state index in [0.717, 1.165) is 52.9 Å². The summed E-state index contributed by atoms with van der Waals surface area (Å²) in [6.45, 7) is 5.24. The van der Waals surface area contributed by atoms with E-state index in [1.807, 2.05) is 37.4 Å². The van der Waals surface area contributed by atoms with Gasteiger partial charge in [-0.25, -0.2) is 4.39 Å². The molecule has 0 spiro atoms. The lowest BCUT2D eigenvalue weighted by Gasteiger charge is -2.30.